The molecule has 1 aromatic carbocycles. The molecule has 5 nitrogen and oxygen atoms in total. The Bertz CT molecular complexity index is 863. The Kier molecular flexibility index (Phi) is 3.86. The summed E-state index contributed by atoms with van der Waals surface area (Å²) >= 11 is 0. The smallest absolute Gasteiger partial charge is 0.257 e. The normalized spacial score (nSPS) is 11.2. The first kappa shape index (κ1) is 15.2. The maximum absolute atomic E-state index is 12.5. The van der Waals surface area contributed by atoms with Gasteiger partial charge in [-0.3, -0.25) is 4.79 Å². The summed E-state index contributed by atoms with van der Waals surface area (Å²) in [5.41, 5.74) is 4.01. The van der Waals surface area contributed by atoms with E-state index in [9.17, 15) is 4.79 Å². The second kappa shape index (κ2) is 5.83. The lowest BCUT2D eigenvalue weighted by Crippen LogP contribution is -2.14. The van der Waals surface area contributed by atoms with Crippen LogP contribution in [0.1, 0.15) is 41.5 Å². The number of nitrogens with one attached hydrogen (secondary N) is 1. The standard InChI is InChI=1S/C18H20N4O/c1-11(2)22-17-14(10-19-22)9-16(13(4)20-17)18(23)21-15-7-5-12(3)6-8-15/h5-11H,1-4H3,(H,21,23). The van der Waals surface area contributed by atoms with Crippen molar-refractivity contribution in [3.8, 4) is 0 Å². The number of amides is 1. The molecule has 2 aromatic heterocycles. The van der Waals surface area contributed by atoms with E-state index >= 15 is 0 Å². The van der Waals surface area contributed by atoms with Crippen molar-refractivity contribution in [3.05, 3.63) is 53.3 Å². The van der Waals surface area contributed by atoms with E-state index in [1.807, 2.05) is 48.9 Å². The summed E-state index contributed by atoms with van der Waals surface area (Å²) in [5, 5.41) is 8.14. The van der Waals surface area contributed by atoms with Crippen molar-refractivity contribution < 1.29 is 4.79 Å². The quantitative estimate of drug-likeness (QED) is 0.798. The van der Waals surface area contributed by atoms with Crippen LogP contribution in [0.4, 0.5) is 5.69 Å². The van der Waals surface area contributed by atoms with Gasteiger partial charge in [0.15, 0.2) is 5.65 Å². The molecular formula is C18H20N4O. The van der Waals surface area contributed by atoms with E-state index < -0.39 is 0 Å². The van der Waals surface area contributed by atoms with Crippen molar-refractivity contribution in [3.63, 3.8) is 0 Å². The molecule has 23 heavy (non-hydrogen) atoms. The fourth-order valence-corrected chi connectivity index (χ4v) is 2.51. The highest BCUT2D eigenvalue weighted by Gasteiger charge is 2.15. The second-order valence-corrected chi connectivity index (χ2v) is 6.04. The molecule has 0 atom stereocenters. The van der Waals surface area contributed by atoms with Gasteiger partial charge in [0.05, 0.1) is 17.5 Å². The van der Waals surface area contributed by atoms with Gasteiger partial charge < -0.3 is 5.32 Å². The van der Waals surface area contributed by atoms with Gasteiger partial charge in [0.2, 0.25) is 0 Å². The Hall–Kier alpha value is -2.69. The molecule has 0 aliphatic carbocycles. The predicted octanol–water partition coefficient (Wildman–Crippen LogP) is 3.88. The van der Waals surface area contributed by atoms with Crippen LogP contribution in [0.2, 0.25) is 0 Å². The van der Waals surface area contributed by atoms with Crippen LogP contribution in [0.25, 0.3) is 11.0 Å². The number of hydrogen-bond acceptors (Lipinski definition) is 3. The number of hydrogen-bond donors (Lipinski definition) is 1. The molecule has 0 spiro atoms. The largest absolute Gasteiger partial charge is 0.322 e. The fourth-order valence-electron chi connectivity index (χ4n) is 2.51. The number of fused-ring (bicyclic) bond motifs is 1. The van der Waals surface area contributed by atoms with Crippen molar-refractivity contribution in [2.45, 2.75) is 33.7 Å². The zero-order valence-electron chi connectivity index (χ0n) is 13.8. The zero-order valence-corrected chi connectivity index (χ0v) is 13.8. The van der Waals surface area contributed by atoms with Crippen LogP contribution >= 0.6 is 0 Å². The molecule has 5 heteroatoms. The van der Waals surface area contributed by atoms with Crippen LogP contribution in [0.15, 0.2) is 36.5 Å². The van der Waals surface area contributed by atoms with E-state index in [0.717, 1.165) is 22.3 Å². The van der Waals surface area contributed by atoms with Crippen molar-refractivity contribution in [2.24, 2.45) is 0 Å². The van der Waals surface area contributed by atoms with Crippen LogP contribution in [0.5, 0.6) is 0 Å². The van der Waals surface area contributed by atoms with Crippen LogP contribution in [-0.4, -0.2) is 20.7 Å². The molecule has 118 valence electrons. The lowest BCUT2D eigenvalue weighted by molar-refractivity contribution is 0.102. The molecule has 0 radical (unpaired) electrons. The Labute approximate surface area is 135 Å². The average Bonchev–Trinajstić information content (AvgIpc) is 2.91. The van der Waals surface area contributed by atoms with Gasteiger partial charge in [-0.2, -0.15) is 5.10 Å². The molecule has 0 fully saturated rings. The van der Waals surface area contributed by atoms with Gasteiger partial charge in [-0.05, 0) is 45.9 Å². The molecule has 0 aliphatic rings. The summed E-state index contributed by atoms with van der Waals surface area (Å²) in [5.74, 6) is -0.155. The molecule has 1 N–H and O–H groups in total. The predicted molar refractivity (Wildman–Crippen MR) is 91.8 cm³/mol. The third-order valence-electron chi connectivity index (χ3n) is 3.80. The van der Waals surface area contributed by atoms with E-state index in [4.69, 9.17) is 0 Å². The Morgan fingerprint density at radius 3 is 2.52 bits per heavy atom. The maximum atomic E-state index is 12.5. The molecular weight excluding hydrogens is 288 g/mol. The molecule has 0 saturated heterocycles. The maximum Gasteiger partial charge on any atom is 0.257 e. The molecule has 3 rings (SSSR count). The average molecular weight is 308 g/mol. The first-order valence-electron chi connectivity index (χ1n) is 7.68. The summed E-state index contributed by atoms with van der Waals surface area (Å²) in [4.78, 5) is 17.1. The van der Waals surface area contributed by atoms with Gasteiger partial charge in [0, 0.05) is 17.1 Å². The molecule has 0 aliphatic heterocycles. The number of carbonyl (C=O) groups is 1. The van der Waals surface area contributed by atoms with Crippen LogP contribution in [0.3, 0.4) is 0 Å². The minimum absolute atomic E-state index is 0.155. The Morgan fingerprint density at radius 1 is 1.17 bits per heavy atom. The molecule has 0 unspecified atom stereocenters. The number of nitrogens with zero attached hydrogens (tertiary/aromatic N) is 3. The molecule has 2 heterocycles. The summed E-state index contributed by atoms with van der Waals surface area (Å²) in [6.07, 6.45) is 1.75. The first-order valence-corrected chi connectivity index (χ1v) is 7.68. The number of rotatable bonds is 3. The SMILES string of the molecule is Cc1ccc(NC(=O)c2cc3cnn(C(C)C)c3nc2C)cc1. The number of carbonyl (C=O) groups excluding carboxylic acids is 1. The highest BCUT2D eigenvalue weighted by atomic mass is 16.1. The zero-order chi connectivity index (χ0) is 16.6. The Morgan fingerprint density at radius 2 is 1.87 bits per heavy atom. The molecule has 3 aromatic rings. The van der Waals surface area contributed by atoms with Gasteiger partial charge in [0.1, 0.15) is 0 Å². The number of aromatic nitrogens is 3. The molecule has 0 bridgehead atoms. The van der Waals surface area contributed by atoms with E-state index in [0.29, 0.717) is 11.3 Å². The lowest BCUT2D eigenvalue weighted by Gasteiger charge is -2.10. The highest BCUT2D eigenvalue weighted by molar-refractivity contribution is 6.06. The van der Waals surface area contributed by atoms with Gasteiger partial charge in [-0.15, -0.1) is 0 Å². The minimum Gasteiger partial charge on any atom is -0.322 e. The van der Waals surface area contributed by atoms with Gasteiger partial charge in [-0.25, -0.2) is 9.67 Å². The third kappa shape index (κ3) is 2.95. The number of pyridine rings is 1. The van der Waals surface area contributed by atoms with E-state index in [-0.39, 0.29) is 11.9 Å². The lowest BCUT2D eigenvalue weighted by atomic mass is 10.1. The van der Waals surface area contributed by atoms with Gasteiger partial charge >= 0.3 is 0 Å². The summed E-state index contributed by atoms with van der Waals surface area (Å²) < 4.78 is 1.87. The second-order valence-electron chi connectivity index (χ2n) is 6.04. The Balaban J connectivity index is 1.94. The van der Waals surface area contributed by atoms with Crippen molar-refractivity contribution in [1.82, 2.24) is 14.8 Å². The topological polar surface area (TPSA) is 59.8 Å². The van der Waals surface area contributed by atoms with Crippen molar-refractivity contribution in [2.75, 3.05) is 5.32 Å². The summed E-state index contributed by atoms with van der Waals surface area (Å²) in [6.45, 7) is 7.98. The highest BCUT2D eigenvalue weighted by Crippen LogP contribution is 2.20. The fraction of sp³-hybridized carbons (Fsp3) is 0.278. The van der Waals surface area contributed by atoms with E-state index in [2.05, 4.69) is 29.2 Å². The van der Waals surface area contributed by atoms with Gasteiger partial charge in [0.25, 0.3) is 5.91 Å². The molecule has 1 amide bonds. The minimum atomic E-state index is -0.155. The summed E-state index contributed by atoms with van der Waals surface area (Å²) in [6, 6.07) is 9.81. The molecule has 0 saturated carbocycles. The number of benzene rings is 1. The number of anilines is 1. The third-order valence-corrected chi connectivity index (χ3v) is 3.80. The van der Waals surface area contributed by atoms with Crippen molar-refractivity contribution in [1.29, 1.82) is 0 Å². The van der Waals surface area contributed by atoms with Crippen molar-refractivity contribution >= 4 is 22.6 Å². The summed E-state index contributed by atoms with van der Waals surface area (Å²) in [7, 11) is 0. The van der Waals surface area contributed by atoms with Crippen LogP contribution in [0, 0.1) is 13.8 Å². The van der Waals surface area contributed by atoms with E-state index in [1.165, 1.54) is 0 Å². The van der Waals surface area contributed by atoms with Crippen LogP contribution < -0.4 is 5.32 Å². The van der Waals surface area contributed by atoms with Gasteiger partial charge in [-0.1, -0.05) is 17.7 Å². The monoisotopic (exact) mass is 308 g/mol. The number of aryl methyl sites for hydroxylation is 2. The van der Waals surface area contributed by atoms with E-state index in [1.54, 1.807) is 6.20 Å². The van der Waals surface area contributed by atoms with Crippen LogP contribution in [-0.2, 0) is 0 Å². The first-order chi connectivity index (χ1) is 11.0.